The maximum atomic E-state index is 12.2. The molecular weight excluding hydrogens is 542 g/mol. The summed E-state index contributed by atoms with van der Waals surface area (Å²) in [7, 11) is 0. The van der Waals surface area contributed by atoms with Crippen LogP contribution in [-0.4, -0.2) is 141 Å². The van der Waals surface area contributed by atoms with E-state index in [1.807, 2.05) is 62.3 Å². The summed E-state index contributed by atoms with van der Waals surface area (Å²) in [5.74, 6) is 0. The third-order valence-electron chi connectivity index (χ3n) is 5.96. The zero-order valence-corrected chi connectivity index (χ0v) is 27.7. The summed E-state index contributed by atoms with van der Waals surface area (Å²) in [6, 6.07) is 0. The molecule has 0 bridgehead atoms. The Hall–Kier alpha value is -2.35. The molecular formula is C29H59N7O6. The second-order valence-corrected chi connectivity index (χ2v) is 13.6. The molecule has 0 aromatic heterocycles. The van der Waals surface area contributed by atoms with Gasteiger partial charge < -0.3 is 35.5 Å². The van der Waals surface area contributed by atoms with E-state index in [9.17, 15) is 14.4 Å². The second kappa shape index (κ2) is 18.3. The molecule has 0 spiro atoms. The summed E-state index contributed by atoms with van der Waals surface area (Å²) in [5, 5.41) is 12.1. The number of rotatable bonds is 9. The molecule has 1 rings (SSSR count). The van der Waals surface area contributed by atoms with E-state index in [1.54, 1.807) is 0 Å². The fourth-order valence-electron chi connectivity index (χ4n) is 4.06. The van der Waals surface area contributed by atoms with Crippen molar-refractivity contribution in [3.05, 3.63) is 0 Å². The van der Waals surface area contributed by atoms with E-state index in [1.165, 1.54) is 0 Å². The lowest BCUT2D eigenvalue weighted by Gasteiger charge is -2.32. The number of hydrogen-bond acceptors (Lipinski definition) is 10. The number of carbonyl (C=O) groups is 3. The van der Waals surface area contributed by atoms with Gasteiger partial charge in [-0.15, -0.1) is 0 Å². The number of carbonyl (C=O) groups excluding carboxylic acids is 3. The Morgan fingerprint density at radius 1 is 0.524 bits per heavy atom. The van der Waals surface area contributed by atoms with Gasteiger partial charge in [0, 0.05) is 91.6 Å². The normalized spacial score (nSPS) is 17.4. The largest absolute Gasteiger partial charge is 0.444 e. The van der Waals surface area contributed by atoms with Crippen LogP contribution in [0.25, 0.3) is 0 Å². The van der Waals surface area contributed by atoms with Gasteiger partial charge in [0.25, 0.3) is 0 Å². The van der Waals surface area contributed by atoms with E-state index in [0.29, 0.717) is 39.3 Å². The van der Waals surface area contributed by atoms with Gasteiger partial charge >= 0.3 is 18.3 Å². The molecule has 1 fully saturated rings. The molecule has 0 aliphatic carbocycles. The Balaban J connectivity index is 2.72. The van der Waals surface area contributed by atoms with Crippen molar-refractivity contribution < 1.29 is 28.6 Å². The van der Waals surface area contributed by atoms with Gasteiger partial charge in [-0.2, -0.15) is 0 Å². The fraction of sp³-hybridized carbons (Fsp3) is 0.897. The summed E-state index contributed by atoms with van der Waals surface area (Å²) in [4.78, 5) is 43.3. The minimum absolute atomic E-state index is 0.411. The minimum Gasteiger partial charge on any atom is -0.444 e. The summed E-state index contributed by atoms with van der Waals surface area (Å²) in [6.07, 6.45) is -1.25. The van der Waals surface area contributed by atoms with Crippen LogP contribution in [-0.2, 0) is 14.2 Å². The van der Waals surface area contributed by atoms with Crippen molar-refractivity contribution in [2.45, 2.75) is 79.1 Å². The summed E-state index contributed by atoms with van der Waals surface area (Å²) < 4.78 is 16.1. The van der Waals surface area contributed by atoms with Crippen molar-refractivity contribution in [1.29, 1.82) is 0 Å². The van der Waals surface area contributed by atoms with E-state index in [4.69, 9.17) is 14.2 Å². The Morgan fingerprint density at radius 2 is 0.786 bits per heavy atom. The van der Waals surface area contributed by atoms with Crippen LogP contribution in [0.2, 0.25) is 0 Å². The molecule has 4 N–H and O–H groups in total. The highest BCUT2D eigenvalue weighted by Crippen LogP contribution is 2.08. The van der Waals surface area contributed by atoms with Gasteiger partial charge in [0.05, 0.1) is 0 Å². The Kier molecular flexibility index (Phi) is 16.5. The van der Waals surface area contributed by atoms with Crippen LogP contribution in [0.1, 0.15) is 62.3 Å². The van der Waals surface area contributed by atoms with Gasteiger partial charge in [-0.05, 0) is 62.3 Å². The van der Waals surface area contributed by atoms with Crippen molar-refractivity contribution in [2.24, 2.45) is 0 Å². The minimum atomic E-state index is -0.548. The lowest BCUT2D eigenvalue weighted by Crippen LogP contribution is -2.48. The molecule has 3 amide bonds. The number of nitrogens with zero attached hydrogens (tertiary/aromatic N) is 3. The first-order chi connectivity index (χ1) is 19.4. The molecule has 13 nitrogen and oxygen atoms in total. The number of hydrogen-bond donors (Lipinski definition) is 4. The van der Waals surface area contributed by atoms with Gasteiger partial charge in [0.15, 0.2) is 0 Å². The molecule has 1 aliphatic rings. The number of ether oxygens (including phenoxy) is 3. The Morgan fingerprint density at radius 3 is 1.05 bits per heavy atom. The first-order valence-electron chi connectivity index (χ1n) is 15.2. The predicted molar refractivity (Wildman–Crippen MR) is 165 cm³/mol. The van der Waals surface area contributed by atoms with Crippen LogP contribution in [0.4, 0.5) is 14.4 Å². The van der Waals surface area contributed by atoms with E-state index in [2.05, 4.69) is 36.0 Å². The van der Waals surface area contributed by atoms with Crippen LogP contribution in [0.5, 0.6) is 0 Å². The van der Waals surface area contributed by atoms with Crippen molar-refractivity contribution in [1.82, 2.24) is 36.0 Å². The average molecular weight is 602 g/mol. The topological polar surface area (TPSA) is 137 Å². The lowest BCUT2D eigenvalue weighted by atomic mass is 10.2. The first kappa shape index (κ1) is 37.7. The monoisotopic (exact) mass is 601 g/mol. The highest BCUT2D eigenvalue weighted by Gasteiger charge is 2.19. The number of nitrogens with one attached hydrogen (secondary N) is 4. The Bertz CT molecular complexity index is 760. The van der Waals surface area contributed by atoms with Crippen LogP contribution in [0, 0.1) is 0 Å². The zero-order chi connectivity index (χ0) is 31.8. The molecule has 42 heavy (non-hydrogen) atoms. The molecule has 0 atom stereocenters. The standard InChI is InChI=1S/C29H59N7O6/c1-27(2,3)40-24(37)31-12-17-34-15-10-30-11-16-35(18-13-32-25(38)41-28(4,5)6)21-23-36(22-20-34)19-14-33-26(39)42-29(7,8)9/h30H,10-23H2,1-9H3,(H,31,37)(H,32,38)(H,33,39). The second-order valence-electron chi connectivity index (χ2n) is 13.6. The molecule has 0 saturated carbocycles. The van der Waals surface area contributed by atoms with Crippen LogP contribution >= 0.6 is 0 Å². The maximum absolute atomic E-state index is 12.2. The molecule has 1 heterocycles. The van der Waals surface area contributed by atoms with Gasteiger partial charge in [0.2, 0.25) is 0 Å². The van der Waals surface area contributed by atoms with Gasteiger partial charge in [-0.25, -0.2) is 14.4 Å². The van der Waals surface area contributed by atoms with Crippen molar-refractivity contribution in [3.8, 4) is 0 Å². The van der Waals surface area contributed by atoms with E-state index in [-0.39, 0.29) is 0 Å². The molecule has 0 aromatic rings. The molecule has 13 heteroatoms. The molecule has 0 aromatic carbocycles. The van der Waals surface area contributed by atoms with Crippen LogP contribution < -0.4 is 21.3 Å². The Labute approximate surface area is 253 Å². The number of amides is 3. The van der Waals surface area contributed by atoms with Crippen molar-refractivity contribution >= 4 is 18.3 Å². The van der Waals surface area contributed by atoms with E-state index >= 15 is 0 Å². The molecule has 0 radical (unpaired) electrons. The summed E-state index contributed by atoms with van der Waals surface area (Å²) >= 11 is 0. The SMILES string of the molecule is CC(C)(C)OC(=O)NCCN1CCNCCN(CCNC(=O)OC(C)(C)C)CCN(CCNC(=O)OC(C)(C)C)CC1. The highest BCUT2D eigenvalue weighted by atomic mass is 16.6. The first-order valence-corrected chi connectivity index (χ1v) is 15.2. The molecule has 246 valence electrons. The summed E-state index contributed by atoms with van der Waals surface area (Å²) in [6.45, 7) is 26.7. The quantitative estimate of drug-likeness (QED) is 0.291. The van der Waals surface area contributed by atoms with Gasteiger partial charge in [0.1, 0.15) is 16.8 Å². The van der Waals surface area contributed by atoms with Crippen molar-refractivity contribution in [2.75, 3.05) is 91.6 Å². The predicted octanol–water partition coefficient (Wildman–Crippen LogP) is 2.07. The van der Waals surface area contributed by atoms with Crippen LogP contribution in [0.15, 0.2) is 0 Å². The van der Waals surface area contributed by atoms with Crippen LogP contribution in [0.3, 0.4) is 0 Å². The maximum Gasteiger partial charge on any atom is 0.407 e. The molecule has 0 unspecified atom stereocenters. The molecule has 1 saturated heterocycles. The third kappa shape index (κ3) is 21.4. The van der Waals surface area contributed by atoms with Gasteiger partial charge in [-0.1, -0.05) is 0 Å². The van der Waals surface area contributed by atoms with E-state index in [0.717, 1.165) is 52.4 Å². The summed E-state index contributed by atoms with van der Waals surface area (Å²) in [5.41, 5.74) is -1.61. The average Bonchev–Trinajstić information content (AvgIpc) is 2.79. The molecule has 1 aliphatic heterocycles. The smallest absolute Gasteiger partial charge is 0.407 e. The van der Waals surface area contributed by atoms with Gasteiger partial charge in [-0.3, -0.25) is 14.7 Å². The number of alkyl carbamates (subject to hydrolysis) is 3. The third-order valence-corrected chi connectivity index (χ3v) is 5.96. The zero-order valence-electron chi connectivity index (χ0n) is 27.7. The highest BCUT2D eigenvalue weighted by molar-refractivity contribution is 5.68. The van der Waals surface area contributed by atoms with E-state index < -0.39 is 35.1 Å². The van der Waals surface area contributed by atoms with Crippen molar-refractivity contribution in [3.63, 3.8) is 0 Å². The fourth-order valence-corrected chi connectivity index (χ4v) is 4.06. The lowest BCUT2D eigenvalue weighted by molar-refractivity contribution is 0.0503.